The topological polar surface area (TPSA) is 46.5 Å². The van der Waals surface area contributed by atoms with Crippen LogP contribution < -0.4 is 0 Å². The molecule has 1 aromatic carbocycles. The van der Waals surface area contributed by atoms with E-state index in [-0.39, 0.29) is 41.7 Å². The van der Waals surface area contributed by atoms with Gasteiger partial charge in [-0.2, -0.15) is 13.2 Å². The van der Waals surface area contributed by atoms with Crippen molar-refractivity contribution in [3.8, 4) is 0 Å². The summed E-state index contributed by atoms with van der Waals surface area (Å²) < 4.78 is 47.6. The molecule has 1 N–H and O–H groups in total. The summed E-state index contributed by atoms with van der Waals surface area (Å²) in [6.45, 7) is 7.23. The molecule has 5 aliphatic carbocycles. The average Bonchev–Trinajstić information content (AvgIpc) is 3.37. The lowest BCUT2D eigenvalue weighted by Crippen LogP contribution is -2.59. The van der Waals surface area contributed by atoms with Crippen molar-refractivity contribution in [2.24, 2.45) is 52.3 Å². The van der Waals surface area contributed by atoms with Crippen LogP contribution >= 0.6 is 0 Å². The van der Waals surface area contributed by atoms with E-state index >= 15 is 0 Å². The van der Waals surface area contributed by atoms with E-state index < -0.39 is 11.8 Å². The maximum absolute atomic E-state index is 13.8. The third-order valence-corrected chi connectivity index (χ3v) is 14.4. The number of rotatable bonds is 7. The highest BCUT2D eigenvalue weighted by Gasteiger charge is 2.65. The highest BCUT2D eigenvalue weighted by molar-refractivity contribution is 5.89. The maximum Gasteiger partial charge on any atom is 0.417 e. The Hall–Kier alpha value is -1.56. The van der Waals surface area contributed by atoms with Crippen molar-refractivity contribution < 1.29 is 27.8 Å². The Morgan fingerprint density at radius 3 is 2.30 bits per heavy atom. The minimum Gasteiger partial charge on any atom is -0.458 e. The van der Waals surface area contributed by atoms with Gasteiger partial charge in [0.05, 0.1) is 5.56 Å². The van der Waals surface area contributed by atoms with E-state index in [4.69, 9.17) is 4.74 Å². The largest absolute Gasteiger partial charge is 0.458 e. The number of aliphatic hydroxyl groups is 1. The van der Waals surface area contributed by atoms with Gasteiger partial charge in [0, 0.05) is 0 Å². The molecule has 10 atom stereocenters. The van der Waals surface area contributed by atoms with Crippen LogP contribution in [0.4, 0.5) is 13.2 Å². The number of halogens is 3. The standard InChI is InChI=1S/C38H55F3O3/c1-25(14-19-33(26-10-6-4-7-11-26)44-34(42)27-12-8-5-9-13-27)30-17-18-31-29-16-15-28-24-37(43,38(39,40)41)23-22-35(28,2)32(29)20-21-36(30,31)3/h5,8-9,12-13,25-26,28-33,43H,4,6-7,10-11,14-24H2,1-3H3/t25-,28+,29+,30-,31+,32+,33?,35+,36-,37+/m1/s1. The van der Waals surface area contributed by atoms with Crippen molar-refractivity contribution in [3.05, 3.63) is 35.9 Å². The fourth-order valence-corrected chi connectivity index (χ4v) is 11.8. The fourth-order valence-electron chi connectivity index (χ4n) is 11.8. The van der Waals surface area contributed by atoms with Gasteiger partial charge in [0.1, 0.15) is 6.10 Å². The Morgan fingerprint density at radius 1 is 0.886 bits per heavy atom. The SMILES string of the molecule is C[C@H](CCC(OC(=O)c1ccccc1)C1CCCCC1)[C@H]1CC[C@H]2[C@@H]3CC[C@H]4C[C@](O)(C(F)(F)F)CC[C@]4(C)[C@H]3CC[C@]12C. The molecular weight excluding hydrogens is 561 g/mol. The summed E-state index contributed by atoms with van der Waals surface area (Å²) >= 11 is 0. The molecule has 0 bridgehead atoms. The normalized spacial score (nSPS) is 40.8. The van der Waals surface area contributed by atoms with E-state index in [1.54, 1.807) is 0 Å². The zero-order valence-electron chi connectivity index (χ0n) is 27.2. The molecule has 0 radical (unpaired) electrons. The van der Waals surface area contributed by atoms with Crippen LogP contribution in [0.1, 0.15) is 134 Å². The third kappa shape index (κ3) is 5.77. The van der Waals surface area contributed by atoms with Crippen molar-refractivity contribution in [2.45, 2.75) is 141 Å². The molecule has 246 valence electrons. The van der Waals surface area contributed by atoms with Gasteiger partial charge in [0.25, 0.3) is 0 Å². The van der Waals surface area contributed by atoms with Crippen LogP contribution in [0.15, 0.2) is 30.3 Å². The highest BCUT2D eigenvalue weighted by Crippen LogP contribution is 2.69. The first-order valence-electron chi connectivity index (χ1n) is 17.9. The molecule has 3 nitrogen and oxygen atoms in total. The van der Waals surface area contributed by atoms with Gasteiger partial charge >= 0.3 is 12.1 Å². The molecule has 5 fully saturated rings. The fraction of sp³-hybridized carbons (Fsp3) is 0.816. The molecule has 5 aliphatic rings. The average molecular weight is 617 g/mol. The first kappa shape index (κ1) is 32.4. The smallest absolute Gasteiger partial charge is 0.417 e. The van der Waals surface area contributed by atoms with Crippen LogP contribution in [0.2, 0.25) is 0 Å². The van der Waals surface area contributed by atoms with E-state index in [1.165, 1.54) is 32.1 Å². The second-order valence-corrected chi connectivity index (χ2v) is 16.4. The van der Waals surface area contributed by atoms with Gasteiger partial charge in [-0.25, -0.2) is 4.79 Å². The van der Waals surface area contributed by atoms with Crippen molar-refractivity contribution in [2.75, 3.05) is 0 Å². The van der Waals surface area contributed by atoms with Gasteiger partial charge in [-0.1, -0.05) is 58.2 Å². The van der Waals surface area contributed by atoms with Crippen LogP contribution in [0.3, 0.4) is 0 Å². The Morgan fingerprint density at radius 2 is 1.59 bits per heavy atom. The molecule has 6 heteroatoms. The summed E-state index contributed by atoms with van der Waals surface area (Å²) in [6.07, 6.45) is 10.2. The number of hydrogen-bond acceptors (Lipinski definition) is 3. The molecule has 0 aromatic heterocycles. The van der Waals surface area contributed by atoms with Gasteiger partial charge in [0.2, 0.25) is 0 Å². The summed E-state index contributed by atoms with van der Waals surface area (Å²) in [5.74, 6) is 3.10. The Kier molecular flexibility index (Phi) is 9.00. The van der Waals surface area contributed by atoms with Crippen molar-refractivity contribution in [1.29, 1.82) is 0 Å². The number of carbonyl (C=O) groups excluding carboxylic acids is 1. The maximum atomic E-state index is 13.8. The number of carbonyl (C=O) groups is 1. The van der Waals surface area contributed by atoms with E-state index in [0.717, 1.165) is 51.4 Å². The van der Waals surface area contributed by atoms with Gasteiger partial charge in [-0.05, 0) is 148 Å². The van der Waals surface area contributed by atoms with Crippen LogP contribution in [0, 0.1) is 52.3 Å². The summed E-state index contributed by atoms with van der Waals surface area (Å²) in [6, 6.07) is 9.40. The number of benzene rings is 1. The number of esters is 1. The predicted octanol–water partition coefficient (Wildman–Crippen LogP) is 10.2. The minimum absolute atomic E-state index is 0.0249. The summed E-state index contributed by atoms with van der Waals surface area (Å²) in [4.78, 5) is 13.1. The van der Waals surface area contributed by atoms with Crippen molar-refractivity contribution in [1.82, 2.24) is 0 Å². The number of alkyl halides is 3. The van der Waals surface area contributed by atoms with Crippen molar-refractivity contribution >= 4 is 5.97 Å². The zero-order chi connectivity index (χ0) is 31.3. The van der Waals surface area contributed by atoms with Crippen LogP contribution in [0.5, 0.6) is 0 Å². The molecule has 0 heterocycles. The van der Waals surface area contributed by atoms with Crippen LogP contribution in [0.25, 0.3) is 0 Å². The van der Waals surface area contributed by atoms with Crippen LogP contribution in [-0.4, -0.2) is 29.0 Å². The molecule has 0 aliphatic heterocycles. The van der Waals surface area contributed by atoms with E-state index in [2.05, 4.69) is 20.8 Å². The third-order valence-electron chi connectivity index (χ3n) is 14.4. The molecule has 0 saturated heterocycles. The predicted molar refractivity (Wildman–Crippen MR) is 167 cm³/mol. The molecule has 44 heavy (non-hydrogen) atoms. The van der Waals surface area contributed by atoms with Crippen LogP contribution in [-0.2, 0) is 4.74 Å². The Balaban J connectivity index is 1.11. The van der Waals surface area contributed by atoms with E-state index in [1.807, 2.05) is 30.3 Å². The molecular formula is C38H55F3O3. The van der Waals surface area contributed by atoms with E-state index in [0.29, 0.717) is 47.5 Å². The minimum atomic E-state index is -4.54. The number of fused-ring (bicyclic) bond motifs is 5. The molecule has 0 amide bonds. The van der Waals surface area contributed by atoms with E-state index in [9.17, 15) is 23.1 Å². The molecule has 1 aromatic rings. The Bertz CT molecular complexity index is 1150. The highest BCUT2D eigenvalue weighted by atomic mass is 19.4. The number of ether oxygens (including phenoxy) is 1. The van der Waals surface area contributed by atoms with Gasteiger partial charge in [-0.3, -0.25) is 0 Å². The first-order chi connectivity index (χ1) is 20.9. The number of hydrogen-bond donors (Lipinski definition) is 1. The molecule has 5 saturated carbocycles. The van der Waals surface area contributed by atoms with Gasteiger partial charge in [0.15, 0.2) is 5.60 Å². The second kappa shape index (κ2) is 12.2. The quantitative estimate of drug-likeness (QED) is 0.310. The molecule has 1 unspecified atom stereocenters. The monoisotopic (exact) mass is 616 g/mol. The summed E-state index contributed by atoms with van der Waals surface area (Å²) in [7, 11) is 0. The van der Waals surface area contributed by atoms with Gasteiger partial charge in [-0.15, -0.1) is 0 Å². The summed E-state index contributed by atoms with van der Waals surface area (Å²) in [5.41, 5.74) is -1.70. The summed E-state index contributed by atoms with van der Waals surface area (Å²) in [5, 5.41) is 10.6. The zero-order valence-corrected chi connectivity index (χ0v) is 27.2. The molecule has 6 rings (SSSR count). The van der Waals surface area contributed by atoms with Crippen molar-refractivity contribution in [3.63, 3.8) is 0 Å². The first-order valence-corrected chi connectivity index (χ1v) is 17.9. The lowest BCUT2D eigenvalue weighted by molar-refractivity contribution is -0.290. The Labute approximate surface area is 263 Å². The van der Waals surface area contributed by atoms with Gasteiger partial charge < -0.3 is 9.84 Å². The lowest BCUT2D eigenvalue weighted by atomic mass is 9.43. The lowest BCUT2D eigenvalue weighted by Gasteiger charge is -2.62. The second-order valence-electron chi connectivity index (χ2n) is 16.4. The molecule has 0 spiro atoms.